The number of hydrogen-bond donors (Lipinski definition) is 2. The first-order chi connectivity index (χ1) is 11.1. The van der Waals surface area contributed by atoms with Gasteiger partial charge in [-0.3, -0.25) is 14.5 Å². The van der Waals surface area contributed by atoms with Crippen LogP contribution in [-0.2, 0) is 14.3 Å². The second-order valence-electron chi connectivity index (χ2n) is 5.46. The van der Waals surface area contributed by atoms with Crippen molar-refractivity contribution in [3.63, 3.8) is 0 Å². The molecule has 1 heterocycles. The largest absolute Gasteiger partial charge is 0.370 e. The van der Waals surface area contributed by atoms with Gasteiger partial charge in [-0.1, -0.05) is 6.92 Å². The first kappa shape index (κ1) is 17.4. The molecule has 0 saturated carbocycles. The van der Waals surface area contributed by atoms with Crippen molar-refractivity contribution in [1.29, 1.82) is 0 Å². The molecular formula is C16H24N4O3. The maximum atomic E-state index is 12.3. The number of rotatable bonds is 6. The Hall–Kier alpha value is -1.96. The van der Waals surface area contributed by atoms with Crippen LogP contribution in [0.15, 0.2) is 24.3 Å². The van der Waals surface area contributed by atoms with Crippen LogP contribution in [0, 0.1) is 0 Å². The van der Waals surface area contributed by atoms with Gasteiger partial charge >= 0.3 is 0 Å². The number of benzene rings is 1. The van der Waals surface area contributed by atoms with Crippen LogP contribution < -0.4 is 16.0 Å². The topological polar surface area (TPSA) is 87.9 Å². The van der Waals surface area contributed by atoms with Crippen LogP contribution in [-0.4, -0.2) is 62.7 Å². The van der Waals surface area contributed by atoms with Gasteiger partial charge in [-0.15, -0.1) is 0 Å². The van der Waals surface area contributed by atoms with E-state index in [0.717, 1.165) is 12.2 Å². The lowest BCUT2D eigenvalue weighted by Gasteiger charge is -2.27. The summed E-state index contributed by atoms with van der Waals surface area (Å²) in [5, 5.41) is 2.86. The molecule has 1 aromatic carbocycles. The third-order valence-electron chi connectivity index (χ3n) is 3.99. The molecule has 1 saturated heterocycles. The van der Waals surface area contributed by atoms with E-state index >= 15 is 0 Å². The van der Waals surface area contributed by atoms with Crippen molar-refractivity contribution in [2.24, 2.45) is 5.73 Å². The number of likely N-dealkylation sites (N-methyl/N-ethyl adjacent to an activating group) is 1. The van der Waals surface area contributed by atoms with Crippen LogP contribution >= 0.6 is 0 Å². The highest BCUT2D eigenvalue weighted by molar-refractivity contribution is 5.97. The number of morpholine rings is 1. The zero-order valence-electron chi connectivity index (χ0n) is 13.6. The fourth-order valence-corrected chi connectivity index (χ4v) is 2.45. The van der Waals surface area contributed by atoms with Gasteiger partial charge < -0.3 is 20.7 Å². The molecule has 1 aliphatic rings. The lowest BCUT2D eigenvalue weighted by atomic mass is 10.2. The van der Waals surface area contributed by atoms with Crippen LogP contribution in [0.2, 0.25) is 0 Å². The van der Waals surface area contributed by atoms with Gasteiger partial charge in [0.25, 0.3) is 5.91 Å². The number of nitrogens with one attached hydrogen (secondary N) is 1. The summed E-state index contributed by atoms with van der Waals surface area (Å²) in [7, 11) is 1.87. The zero-order valence-corrected chi connectivity index (χ0v) is 13.6. The van der Waals surface area contributed by atoms with Gasteiger partial charge in [0, 0.05) is 24.5 Å². The molecule has 2 rings (SSSR count). The number of anilines is 2. The van der Waals surface area contributed by atoms with E-state index in [-0.39, 0.29) is 31.0 Å². The van der Waals surface area contributed by atoms with E-state index in [1.807, 2.05) is 31.0 Å². The van der Waals surface area contributed by atoms with Gasteiger partial charge in [-0.2, -0.15) is 0 Å². The minimum atomic E-state index is -0.361. The van der Waals surface area contributed by atoms with E-state index in [2.05, 4.69) is 5.32 Å². The van der Waals surface area contributed by atoms with Crippen LogP contribution in [0.3, 0.4) is 0 Å². The standard InChI is InChI=1S/C16H24N4O3/c1-3-19(2)14(10-17)16(22)18-12-4-6-13(7-5-12)20-8-9-23-11-15(20)21/h4-7,14H,3,8-11,17H2,1-2H3,(H,18,22)/t14-/m1/s1. The quantitative estimate of drug-likeness (QED) is 0.785. The van der Waals surface area contributed by atoms with E-state index < -0.39 is 0 Å². The Bertz CT molecular complexity index is 547. The molecule has 1 fully saturated rings. The lowest BCUT2D eigenvalue weighted by molar-refractivity contribution is -0.125. The molecule has 23 heavy (non-hydrogen) atoms. The number of carbonyl (C=O) groups excluding carboxylic acids is 2. The minimum Gasteiger partial charge on any atom is -0.370 e. The number of carbonyl (C=O) groups is 2. The lowest BCUT2D eigenvalue weighted by Crippen LogP contribution is -2.46. The Kier molecular flexibility index (Phi) is 6.09. The van der Waals surface area contributed by atoms with Gasteiger partial charge in [0.05, 0.1) is 6.61 Å². The maximum absolute atomic E-state index is 12.3. The summed E-state index contributed by atoms with van der Waals surface area (Å²) in [5.41, 5.74) is 7.17. The van der Waals surface area contributed by atoms with E-state index in [9.17, 15) is 9.59 Å². The van der Waals surface area contributed by atoms with Crippen LogP contribution in [0.4, 0.5) is 11.4 Å². The van der Waals surface area contributed by atoms with Gasteiger partial charge in [-0.25, -0.2) is 0 Å². The Morgan fingerprint density at radius 2 is 2.13 bits per heavy atom. The SMILES string of the molecule is CCN(C)[C@H](CN)C(=O)Nc1ccc(N2CCOCC2=O)cc1. The van der Waals surface area contributed by atoms with E-state index in [0.29, 0.717) is 18.8 Å². The summed E-state index contributed by atoms with van der Waals surface area (Å²) in [6.45, 7) is 4.17. The summed E-state index contributed by atoms with van der Waals surface area (Å²) < 4.78 is 5.12. The molecule has 0 aromatic heterocycles. The molecule has 1 atom stereocenters. The molecule has 0 spiro atoms. The normalized spacial score (nSPS) is 16.5. The highest BCUT2D eigenvalue weighted by atomic mass is 16.5. The number of ether oxygens (including phenoxy) is 1. The summed E-state index contributed by atoms with van der Waals surface area (Å²) in [5.74, 6) is -0.187. The molecule has 0 radical (unpaired) electrons. The number of hydrogen-bond acceptors (Lipinski definition) is 5. The van der Waals surface area contributed by atoms with Crippen molar-refractivity contribution in [1.82, 2.24) is 4.90 Å². The highest BCUT2D eigenvalue weighted by Crippen LogP contribution is 2.19. The molecule has 7 heteroatoms. The predicted octanol–water partition coefficient (Wildman–Crippen LogP) is 0.267. The van der Waals surface area contributed by atoms with Crippen molar-refractivity contribution in [2.75, 3.05) is 50.1 Å². The first-order valence-corrected chi connectivity index (χ1v) is 7.76. The predicted molar refractivity (Wildman–Crippen MR) is 89.4 cm³/mol. The van der Waals surface area contributed by atoms with Gasteiger partial charge in [0.2, 0.25) is 5.91 Å². The fourth-order valence-electron chi connectivity index (χ4n) is 2.45. The molecule has 1 aromatic rings. The molecule has 0 bridgehead atoms. The molecule has 2 amide bonds. The number of amides is 2. The van der Waals surface area contributed by atoms with Crippen LogP contribution in [0.25, 0.3) is 0 Å². The van der Waals surface area contributed by atoms with Crippen molar-refractivity contribution in [2.45, 2.75) is 13.0 Å². The Labute approximate surface area is 136 Å². The summed E-state index contributed by atoms with van der Waals surface area (Å²) in [6.07, 6.45) is 0. The molecule has 0 unspecified atom stereocenters. The fraction of sp³-hybridized carbons (Fsp3) is 0.500. The third-order valence-corrected chi connectivity index (χ3v) is 3.99. The Morgan fingerprint density at radius 1 is 1.43 bits per heavy atom. The average molecular weight is 320 g/mol. The second-order valence-corrected chi connectivity index (χ2v) is 5.46. The first-order valence-electron chi connectivity index (χ1n) is 7.76. The molecule has 7 nitrogen and oxygen atoms in total. The molecule has 0 aliphatic carbocycles. The number of nitrogens with two attached hydrogens (primary N) is 1. The van der Waals surface area contributed by atoms with E-state index in [1.165, 1.54) is 0 Å². The summed E-state index contributed by atoms with van der Waals surface area (Å²) in [4.78, 5) is 27.7. The molecule has 126 valence electrons. The summed E-state index contributed by atoms with van der Waals surface area (Å²) in [6, 6.07) is 6.85. The Morgan fingerprint density at radius 3 is 2.70 bits per heavy atom. The van der Waals surface area contributed by atoms with Crippen molar-refractivity contribution in [3.05, 3.63) is 24.3 Å². The smallest absolute Gasteiger partial charge is 0.253 e. The van der Waals surface area contributed by atoms with Crippen LogP contribution in [0.5, 0.6) is 0 Å². The summed E-state index contributed by atoms with van der Waals surface area (Å²) >= 11 is 0. The second kappa shape index (κ2) is 8.05. The molecule has 3 N–H and O–H groups in total. The third kappa shape index (κ3) is 4.28. The van der Waals surface area contributed by atoms with Gasteiger partial charge in [0.15, 0.2) is 0 Å². The average Bonchev–Trinajstić information content (AvgIpc) is 2.56. The monoisotopic (exact) mass is 320 g/mol. The minimum absolute atomic E-state index is 0.0548. The van der Waals surface area contributed by atoms with E-state index in [1.54, 1.807) is 17.0 Å². The van der Waals surface area contributed by atoms with Crippen molar-refractivity contribution < 1.29 is 14.3 Å². The van der Waals surface area contributed by atoms with Crippen molar-refractivity contribution in [3.8, 4) is 0 Å². The highest BCUT2D eigenvalue weighted by Gasteiger charge is 2.22. The van der Waals surface area contributed by atoms with Gasteiger partial charge in [-0.05, 0) is 37.9 Å². The Balaban J connectivity index is 2.02. The maximum Gasteiger partial charge on any atom is 0.253 e. The van der Waals surface area contributed by atoms with Gasteiger partial charge in [0.1, 0.15) is 12.6 Å². The molecule has 1 aliphatic heterocycles. The van der Waals surface area contributed by atoms with Crippen LogP contribution in [0.1, 0.15) is 6.92 Å². The molecular weight excluding hydrogens is 296 g/mol. The zero-order chi connectivity index (χ0) is 16.8. The van der Waals surface area contributed by atoms with Crippen molar-refractivity contribution >= 4 is 23.2 Å². The van der Waals surface area contributed by atoms with E-state index in [4.69, 9.17) is 10.5 Å². The number of nitrogens with zero attached hydrogens (tertiary/aromatic N) is 2.